The highest BCUT2D eigenvalue weighted by molar-refractivity contribution is 5.30. The lowest BCUT2D eigenvalue weighted by molar-refractivity contribution is -0.0128. The summed E-state index contributed by atoms with van der Waals surface area (Å²) in [6, 6.07) is 3.36. The van der Waals surface area contributed by atoms with Crippen LogP contribution >= 0.6 is 0 Å². The molecule has 1 aliphatic heterocycles. The van der Waals surface area contributed by atoms with Gasteiger partial charge in [-0.25, -0.2) is 4.79 Å². The van der Waals surface area contributed by atoms with Crippen molar-refractivity contribution < 1.29 is 9.84 Å². The Balaban J connectivity index is 2.39. The second-order valence-corrected chi connectivity index (χ2v) is 3.49. The lowest BCUT2D eigenvalue weighted by atomic mass is 10.2. The van der Waals surface area contributed by atoms with Gasteiger partial charge in [0.25, 0.3) is 0 Å². The van der Waals surface area contributed by atoms with Gasteiger partial charge in [-0.05, 0) is 12.1 Å². The Morgan fingerprint density at radius 1 is 1.71 bits per heavy atom. The molecule has 0 aliphatic carbocycles. The molecule has 2 atom stereocenters. The highest BCUT2D eigenvalue weighted by Gasteiger charge is 2.29. The molecule has 0 spiro atoms. The number of nitrogens with zero attached hydrogens (tertiary/aromatic N) is 3. The molecule has 0 saturated carbocycles. The van der Waals surface area contributed by atoms with Gasteiger partial charge in [0.05, 0.1) is 18.2 Å². The summed E-state index contributed by atoms with van der Waals surface area (Å²) in [6.45, 7) is -0.251. The summed E-state index contributed by atoms with van der Waals surface area (Å²) >= 11 is 0. The van der Waals surface area contributed by atoms with E-state index in [9.17, 15) is 4.79 Å². The number of hydrogen-bond acceptors (Lipinski definition) is 6. The molecule has 1 aromatic heterocycles. The third-order valence-corrected chi connectivity index (χ3v) is 2.35. The lowest BCUT2D eigenvalue weighted by Crippen LogP contribution is -2.29. The average molecular weight is 234 g/mol. The molecular formula is C10H10N4O3. The summed E-state index contributed by atoms with van der Waals surface area (Å²) in [5, 5.41) is 17.9. The number of nitrogens with two attached hydrogens (primary N) is 1. The molecule has 2 rings (SSSR count). The van der Waals surface area contributed by atoms with Crippen LogP contribution < -0.4 is 11.4 Å². The zero-order chi connectivity index (χ0) is 12.4. The third-order valence-electron chi connectivity index (χ3n) is 2.35. The molecule has 0 radical (unpaired) electrons. The standard InChI is InChI=1S/C10H10N4O3/c11-4-6-3-7(5-15)17-9(6)14-2-1-8(12)13-10(14)16/h1-3,7,9,15H,5H2,(H2,12,13,16)/t7-,9+/m0/s1. The Morgan fingerprint density at radius 2 is 2.47 bits per heavy atom. The molecule has 0 saturated heterocycles. The predicted octanol–water partition coefficient (Wildman–Crippen LogP) is -0.835. The molecule has 1 aromatic rings. The zero-order valence-corrected chi connectivity index (χ0v) is 8.78. The SMILES string of the molecule is N#CC1=C[C@@H](CO)O[C@H]1n1ccc(N)nc1=O. The minimum absolute atomic E-state index is 0.102. The van der Waals surface area contributed by atoms with Gasteiger partial charge in [-0.1, -0.05) is 0 Å². The molecule has 7 heteroatoms. The van der Waals surface area contributed by atoms with Gasteiger partial charge in [0.2, 0.25) is 0 Å². The van der Waals surface area contributed by atoms with Gasteiger partial charge in [-0.3, -0.25) is 4.57 Å². The zero-order valence-electron chi connectivity index (χ0n) is 8.78. The number of hydrogen-bond donors (Lipinski definition) is 2. The molecule has 0 amide bonds. The number of anilines is 1. The minimum Gasteiger partial charge on any atom is -0.393 e. The summed E-state index contributed by atoms with van der Waals surface area (Å²) in [5.74, 6) is 0.102. The van der Waals surface area contributed by atoms with Gasteiger partial charge in [-0.2, -0.15) is 10.2 Å². The predicted molar refractivity (Wildman–Crippen MR) is 57.6 cm³/mol. The molecule has 1 aliphatic rings. The number of aromatic nitrogens is 2. The van der Waals surface area contributed by atoms with E-state index >= 15 is 0 Å². The second-order valence-electron chi connectivity index (χ2n) is 3.49. The van der Waals surface area contributed by atoms with E-state index in [-0.39, 0.29) is 18.0 Å². The van der Waals surface area contributed by atoms with E-state index in [1.54, 1.807) is 0 Å². The Hall–Kier alpha value is -2.17. The van der Waals surface area contributed by atoms with Gasteiger partial charge in [0.15, 0.2) is 6.23 Å². The van der Waals surface area contributed by atoms with Crippen molar-refractivity contribution in [2.45, 2.75) is 12.3 Å². The maximum absolute atomic E-state index is 11.6. The fourth-order valence-electron chi connectivity index (χ4n) is 1.57. The first-order chi connectivity index (χ1) is 8.15. The van der Waals surface area contributed by atoms with Crippen molar-refractivity contribution >= 4 is 5.82 Å². The van der Waals surface area contributed by atoms with E-state index in [0.717, 1.165) is 4.57 Å². The number of ether oxygens (including phenoxy) is 1. The van der Waals surface area contributed by atoms with Gasteiger partial charge < -0.3 is 15.6 Å². The molecule has 17 heavy (non-hydrogen) atoms. The molecule has 88 valence electrons. The molecule has 3 N–H and O–H groups in total. The van der Waals surface area contributed by atoms with Crippen molar-refractivity contribution in [2.24, 2.45) is 0 Å². The van der Waals surface area contributed by atoms with Gasteiger partial charge in [-0.15, -0.1) is 0 Å². The Bertz CT molecular complexity index is 557. The van der Waals surface area contributed by atoms with Crippen molar-refractivity contribution in [1.29, 1.82) is 5.26 Å². The van der Waals surface area contributed by atoms with E-state index in [0.29, 0.717) is 0 Å². The number of rotatable bonds is 2. The van der Waals surface area contributed by atoms with E-state index in [1.807, 2.05) is 6.07 Å². The first-order valence-electron chi connectivity index (χ1n) is 4.88. The number of aliphatic hydroxyl groups is 1. The maximum atomic E-state index is 11.6. The average Bonchev–Trinajstić information content (AvgIpc) is 2.72. The van der Waals surface area contributed by atoms with Crippen LogP contribution in [-0.4, -0.2) is 27.4 Å². The smallest absolute Gasteiger partial charge is 0.351 e. The first-order valence-corrected chi connectivity index (χ1v) is 4.88. The number of aliphatic hydroxyl groups excluding tert-OH is 1. The summed E-state index contributed by atoms with van der Waals surface area (Å²) < 4.78 is 6.49. The summed E-state index contributed by atoms with van der Waals surface area (Å²) in [4.78, 5) is 15.1. The van der Waals surface area contributed by atoms with E-state index < -0.39 is 18.0 Å². The summed E-state index contributed by atoms with van der Waals surface area (Å²) in [7, 11) is 0. The van der Waals surface area contributed by atoms with Crippen LogP contribution in [-0.2, 0) is 4.74 Å². The van der Waals surface area contributed by atoms with Crippen molar-refractivity contribution in [2.75, 3.05) is 12.3 Å². The van der Waals surface area contributed by atoms with E-state index in [2.05, 4.69) is 4.98 Å². The molecule has 0 bridgehead atoms. The van der Waals surface area contributed by atoms with Crippen LogP contribution in [0.3, 0.4) is 0 Å². The van der Waals surface area contributed by atoms with Crippen LogP contribution in [0.5, 0.6) is 0 Å². The molecule has 0 aromatic carbocycles. The second kappa shape index (κ2) is 4.37. The molecule has 0 unspecified atom stereocenters. The monoisotopic (exact) mass is 234 g/mol. The van der Waals surface area contributed by atoms with E-state index in [4.69, 9.17) is 20.8 Å². The normalized spacial score (nSPS) is 23.2. The van der Waals surface area contributed by atoms with Crippen LogP contribution in [0.4, 0.5) is 5.82 Å². The number of nitrogen functional groups attached to an aromatic ring is 1. The first kappa shape index (κ1) is 11.3. The van der Waals surface area contributed by atoms with Crippen LogP contribution in [0.15, 0.2) is 28.7 Å². The van der Waals surface area contributed by atoms with Gasteiger partial charge >= 0.3 is 5.69 Å². The largest absolute Gasteiger partial charge is 0.393 e. The van der Waals surface area contributed by atoms with Gasteiger partial charge in [0, 0.05) is 6.20 Å². The highest BCUT2D eigenvalue weighted by Crippen LogP contribution is 2.26. The molecule has 2 heterocycles. The van der Waals surface area contributed by atoms with Crippen LogP contribution in [0.25, 0.3) is 0 Å². The van der Waals surface area contributed by atoms with Crippen molar-refractivity contribution in [3.8, 4) is 6.07 Å². The van der Waals surface area contributed by atoms with Crippen molar-refractivity contribution in [3.63, 3.8) is 0 Å². The Morgan fingerprint density at radius 3 is 3.06 bits per heavy atom. The van der Waals surface area contributed by atoms with E-state index in [1.165, 1.54) is 18.3 Å². The topological polar surface area (TPSA) is 114 Å². The van der Waals surface area contributed by atoms with Crippen LogP contribution in [0.2, 0.25) is 0 Å². The van der Waals surface area contributed by atoms with Crippen molar-refractivity contribution in [1.82, 2.24) is 9.55 Å². The summed E-state index contributed by atoms with van der Waals surface area (Å²) in [6.07, 6.45) is 1.45. The molecular weight excluding hydrogens is 224 g/mol. The Kier molecular flexibility index (Phi) is 2.91. The fourth-order valence-corrected chi connectivity index (χ4v) is 1.57. The summed E-state index contributed by atoms with van der Waals surface area (Å²) in [5.41, 5.74) is 5.02. The minimum atomic E-state index is -0.849. The number of nitriles is 1. The third kappa shape index (κ3) is 2.04. The van der Waals surface area contributed by atoms with Crippen LogP contribution in [0.1, 0.15) is 6.23 Å². The van der Waals surface area contributed by atoms with Gasteiger partial charge in [0.1, 0.15) is 11.9 Å². The Labute approximate surface area is 96.4 Å². The maximum Gasteiger partial charge on any atom is 0.351 e. The lowest BCUT2D eigenvalue weighted by Gasteiger charge is -2.15. The van der Waals surface area contributed by atoms with Crippen LogP contribution in [0, 0.1) is 11.3 Å². The van der Waals surface area contributed by atoms with Crippen molar-refractivity contribution in [3.05, 3.63) is 34.4 Å². The molecule has 7 nitrogen and oxygen atoms in total. The quantitative estimate of drug-likeness (QED) is 0.690. The highest BCUT2D eigenvalue weighted by atomic mass is 16.5. The fraction of sp³-hybridized carbons (Fsp3) is 0.300. The molecule has 0 fully saturated rings.